The highest BCUT2D eigenvalue weighted by Gasteiger charge is 2.40. The molecule has 3 aromatic carbocycles. The fourth-order valence-electron chi connectivity index (χ4n) is 4.66. The maximum atomic E-state index is 13.6. The molecule has 0 aliphatic carbocycles. The first kappa shape index (κ1) is 24.0. The van der Waals surface area contributed by atoms with Crippen LogP contribution in [-0.4, -0.2) is 48.6 Å². The minimum atomic E-state index is -4.69. The molecule has 0 radical (unpaired) electrons. The first-order valence-corrected chi connectivity index (χ1v) is 11.6. The van der Waals surface area contributed by atoms with E-state index in [0.29, 0.717) is 18.8 Å². The van der Waals surface area contributed by atoms with Gasteiger partial charge in [-0.1, -0.05) is 42.5 Å². The molecule has 2 aliphatic heterocycles. The van der Waals surface area contributed by atoms with Gasteiger partial charge in [-0.2, -0.15) is 13.2 Å². The predicted molar refractivity (Wildman–Crippen MR) is 130 cm³/mol. The van der Waals surface area contributed by atoms with E-state index in [1.807, 2.05) is 47.4 Å². The first-order valence-electron chi connectivity index (χ1n) is 11.6. The third-order valence-electron chi connectivity index (χ3n) is 6.47. The molecule has 0 spiro atoms. The summed E-state index contributed by atoms with van der Waals surface area (Å²) in [5.41, 5.74) is 1.03. The summed E-state index contributed by atoms with van der Waals surface area (Å²) in [7, 11) is 0. The van der Waals surface area contributed by atoms with Crippen molar-refractivity contribution < 1.29 is 27.5 Å². The minimum absolute atomic E-state index is 0.000865. The molecule has 2 amide bonds. The van der Waals surface area contributed by atoms with Gasteiger partial charge in [0.25, 0.3) is 5.91 Å². The summed E-state index contributed by atoms with van der Waals surface area (Å²) >= 11 is 0. The highest BCUT2D eigenvalue weighted by Crippen LogP contribution is 2.36. The molecule has 2 N–H and O–H groups in total. The van der Waals surface area contributed by atoms with Crippen LogP contribution >= 0.6 is 0 Å². The van der Waals surface area contributed by atoms with Crippen molar-refractivity contribution in [3.05, 3.63) is 83.9 Å². The zero-order valence-corrected chi connectivity index (χ0v) is 19.2. The zero-order chi connectivity index (χ0) is 25.3. The molecule has 2 bridgehead atoms. The lowest BCUT2D eigenvalue weighted by Gasteiger charge is -2.26. The van der Waals surface area contributed by atoms with Crippen molar-refractivity contribution in [3.8, 4) is 11.1 Å². The molecule has 0 aromatic heterocycles. The van der Waals surface area contributed by atoms with Gasteiger partial charge in [0, 0.05) is 23.8 Å². The minimum Gasteiger partial charge on any atom is -0.375 e. The fourth-order valence-corrected chi connectivity index (χ4v) is 4.66. The van der Waals surface area contributed by atoms with Gasteiger partial charge in [-0.3, -0.25) is 14.5 Å². The van der Waals surface area contributed by atoms with Gasteiger partial charge in [0.05, 0.1) is 30.5 Å². The number of nitrogens with zero attached hydrogens (tertiary/aromatic N) is 1. The molecule has 2 fully saturated rings. The summed E-state index contributed by atoms with van der Waals surface area (Å²) in [5.74, 6) is -1.15. The van der Waals surface area contributed by atoms with Crippen molar-refractivity contribution >= 4 is 23.2 Å². The van der Waals surface area contributed by atoms with Gasteiger partial charge in [-0.05, 0) is 47.9 Å². The molecule has 0 saturated carbocycles. The number of morpholine rings is 1. The molecule has 1 unspecified atom stereocenters. The molecule has 36 heavy (non-hydrogen) atoms. The Morgan fingerprint density at radius 3 is 2.31 bits per heavy atom. The van der Waals surface area contributed by atoms with Gasteiger partial charge in [-0.15, -0.1) is 0 Å². The molecule has 2 atom stereocenters. The van der Waals surface area contributed by atoms with E-state index in [0.717, 1.165) is 35.7 Å². The normalized spacial score (nSPS) is 19.3. The number of rotatable bonds is 6. The van der Waals surface area contributed by atoms with Crippen LogP contribution in [0.5, 0.6) is 0 Å². The second-order valence-electron chi connectivity index (χ2n) is 8.98. The van der Waals surface area contributed by atoms with Crippen molar-refractivity contribution in [3.63, 3.8) is 0 Å². The highest BCUT2D eigenvalue weighted by molar-refractivity contribution is 6.05. The van der Waals surface area contributed by atoms with Crippen molar-refractivity contribution in [2.75, 3.05) is 30.3 Å². The van der Waals surface area contributed by atoms with Crippen molar-refractivity contribution in [1.29, 1.82) is 0 Å². The average Bonchev–Trinajstić information content (AvgIpc) is 3.48. The Labute approximate surface area is 206 Å². The lowest BCUT2D eigenvalue weighted by atomic mass is 10.1. The van der Waals surface area contributed by atoms with Crippen LogP contribution in [-0.2, 0) is 15.7 Å². The summed E-state index contributed by atoms with van der Waals surface area (Å²) in [6.07, 6.45) is -3.79. The lowest BCUT2D eigenvalue weighted by Crippen LogP contribution is -2.42. The number of hydrogen-bond donors (Lipinski definition) is 2. The molecule has 2 heterocycles. The number of fused-ring (bicyclic) bond motifs is 2. The van der Waals surface area contributed by atoms with Crippen LogP contribution in [0.2, 0.25) is 0 Å². The number of ether oxygens (including phenoxy) is 1. The van der Waals surface area contributed by atoms with Gasteiger partial charge in [-0.25, -0.2) is 0 Å². The van der Waals surface area contributed by atoms with Crippen LogP contribution in [0.3, 0.4) is 0 Å². The number of anilines is 2. The number of halogens is 3. The van der Waals surface area contributed by atoms with E-state index in [4.69, 9.17) is 4.74 Å². The maximum Gasteiger partial charge on any atom is 0.418 e. The Morgan fingerprint density at radius 2 is 1.67 bits per heavy atom. The van der Waals surface area contributed by atoms with Crippen LogP contribution in [0.4, 0.5) is 24.5 Å². The van der Waals surface area contributed by atoms with Crippen LogP contribution in [0.15, 0.2) is 72.8 Å². The Bertz CT molecular complexity index is 1260. The second kappa shape index (κ2) is 9.75. The maximum absolute atomic E-state index is 13.6. The molecule has 2 aliphatic rings. The Hall–Kier alpha value is -3.69. The number of nitrogens with one attached hydrogen (secondary N) is 2. The van der Waals surface area contributed by atoms with Crippen LogP contribution in [0.25, 0.3) is 11.1 Å². The van der Waals surface area contributed by atoms with E-state index in [-0.39, 0.29) is 24.3 Å². The van der Waals surface area contributed by atoms with E-state index < -0.39 is 29.2 Å². The molecule has 5 rings (SSSR count). The monoisotopic (exact) mass is 495 g/mol. The molecule has 2 saturated heterocycles. The van der Waals surface area contributed by atoms with Crippen molar-refractivity contribution in [2.24, 2.45) is 0 Å². The highest BCUT2D eigenvalue weighted by atomic mass is 19.4. The van der Waals surface area contributed by atoms with E-state index in [2.05, 4.69) is 10.6 Å². The zero-order valence-electron chi connectivity index (χ0n) is 19.2. The smallest absolute Gasteiger partial charge is 0.375 e. The van der Waals surface area contributed by atoms with Gasteiger partial charge in [0.2, 0.25) is 5.91 Å². The summed E-state index contributed by atoms with van der Waals surface area (Å²) in [4.78, 5) is 27.3. The van der Waals surface area contributed by atoms with E-state index >= 15 is 0 Å². The Balaban J connectivity index is 1.30. The lowest BCUT2D eigenvalue weighted by molar-refractivity contribution is -0.137. The van der Waals surface area contributed by atoms with Crippen LogP contribution in [0.1, 0.15) is 22.3 Å². The number of amides is 2. The standard InChI is InChI=1S/C27H24F3N3O3/c28-27(29,30)23-11-8-19(12-24(23)32-25(34)15-33-14-22-13-21(33)16-36-22)26(35)31-20-9-6-18(7-10-20)17-4-2-1-3-5-17/h1-12,21-22H,13-16H2,(H,31,35)(H,32,34)/t21-,22?/m0/s1. The number of carbonyl (C=O) groups excluding carboxylic acids is 2. The van der Waals surface area contributed by atoms with E-state index in [9.17, 15) is 22.8 Å². The largest absolute Gasteiger partial charge is 0.418 e. The molecule has 3 aromatic rings. The predicted octanol–water partition coefficient (Wildman–Crippen LogP) is 5.04. The third-order valence-corrected chi connectivity index (χ3v) is 6.47. The Kier molecular flexibility index (Phi) is 6.51. The van der Waals surface area contributed by atoms with Gasteiger partial charge >= 0.3 is 6.18 Å². The first-order chi connectivity index (χ1) is 17.3. The molecule has 9 heteroatoms. The summed E-state index contributed by atoms with van der Waals surface area (Å²) < 4.78 is 46.3. The number of hydrogen-bond acceptors (Lipinski definition) is 4. The number of likely N-dealkylation sites (tertiary alicyclic amines) is 1. The van der Waals surface area contributed by atoms with Gasteiger partial charge < -0.3 is 15.4 Å². The number of alkyl halides is 3. The molecule has 6 nitrogen and oxygen atoms in total. The Morgan fingerprint density at radius 1 is 0.944 bits per heavy atom. The molecule has 186 valence electrons. The summed E-state index contributed by atoms with van der Waals surface area (Å²) in [5, 5.41) is 5.06. The summed E-state index contributed by atoms with van der Waals surface area (Å²) in [6.45, 7) is 1.06. The third kappa shape index (κ3) is 5.27. The van der Waals surface area contributed by atoms with E-state index in [1.54, 1.807) is 12.1 Å². The van der Waals surface area contributed by atoms with Crippen LogP contribution in [0, 0.1) is 0 Å². The number of benzene rings is 3. The van der Waals surface area contributed by atoms with Crippen molar-refractivity contribution in [2.45, 2.75) is 24.7 Å². The topological polar surface area (TPSA) is 70.7 Å². The summed E-state index contributed by atoms with van der Waals surface area (Å²) in [6, 6.07) is 19.9. The van der Waals surface area contributed by atoms with Crippen LogP contribution < -0.4 is 10.6 Å². The SMILES string of the molecule is O=C(CN1CC2C[C@H]1CO2)Nc1cc(C(=O)Nc2ccc(-c3ccccc3)cc2)ccc1C(F)(F)F. The van der Waals surface area contributed by atoms with Gasteiger partial charge in [0.1, 0.15) is 0 Å². The second-order valence-corrected chi connectivity index (χ2v) is 8.98. The van der Waals surface area contributed by atoms with Gasteiger partial charge in [0.15, 0.2) is 0 Å². The quantitative estimate of drug-likeness (QED) is 0.503. The van der Waals surface area contributed by atoms with E-state index in [1.165, 1.54) is 0 Å². The average molecular weight is 496 g/mol. The fraction of sp³-hybridized carbons (Fsp3) is 0.259. The molecular weight excluding hydrogens is 471 g/mol. The molecular formula is C27H24F3N3O3. The number of carbonyl (C=O) groups is 2. The van der Waals surface area contributed by atoms with Crippen molar-refractivity contribution in [1.82, 2.24) is 4.90 Å².